The second-order valence-corrected chi connectivity index (χ2v) is 5.33. The van der Waals surface area contributed by atoms with Gasteiger partial charge in [-0.1, -0.05) is 45.2 Å². The van der Waals surface area contributed by atoms with Gasteiger partial charge < -0.3 is 15.2 Å². The van der Waals surface area contributed by atoms with Crippen molar-refractivity contribution < 1.29 is 9.84 Å². The van der Waals surface area contributed by atoms with E-state index in [1.807, 2.05) is 24.3 Å². The zero-order chi connectivity index (χ0) is 14.8. The van der Waals surface area contributed by atoms with Crippen LogP contribution in [0.15, 0.2) is 24.3 Å². The molecule has 0 fully saturated rings. The highest BCUT2D eigenvalue weighted by Gasteiger charge is 2.12. The van der Waals surface area contributed by atoms with E-state index >= 15 is 0 Å². The maximum absolute atomic E-state index is 10.3. The number of hydrogen-bond donors (Lipinski definition) is 2. The molecule has 3 nitrogen and oxygen atoms in total. The lowest BCUT2D eigenvalue weighted by molar-refractivity contribution is 0.167. The number of aliphatic hydroxyl groups is 1. The molecular weight excluding hydrogens is 250 g/mol. The molecule has 0 aliphatic rings. The van der Waals surface area contributed by atoms with E-state index in [-0.39, 0.29) is 0 Å². The minimum Gasteiger partial charge on any atom is -0.497 e. The first-order chi connectivity index (χ1) is 9.71. The van der Waals surface area contributed by atoms with Crippen LogP contribution in [0.5, 0.6) is 5.75 Å². The van der Waals surface area contributed by atoms with Crippen LogP contribution in [-0.4, -0.2) is 24.8 Å². The van der Waals surface area contributed by atoms with Crippen molar-refractivity contribution in [1.29, 1.82) is 0 Å². The van der Waals surface area contributed by atoms with E-state index in [0.29, 0.717) is 12.6 Å². The van der Waals surface area contributed by atoms with E-state index in [0.717, 1.165) is 11.3 Å². The summed E-state index contributed by atoms with van der Waals surface area (Å²) in [6, 6.07) is 8.16. The average Bonchev–Trinajstić information content (AvgIpc) is 2.49. The lowest BCUT2D eigenvalue weighted by Crippen LogP contribution is -2.32. The molecule has 1 aromatic carbocycles. The predicted molar refractivity (Wildman–Crippen MR) is 84.2 cm³/mol. The highest BCUT2D eigenvalue weighted by Crippen LogP contribution is 2.19. The standard InChI is InChI=1S/C17H29NO2/c1-4-6-10-15(8-5-2)18-13-17(19)14-9-7-11-16(12-14)20-3/h7,9,11-12,15,17-19H,4-6,8,10,13H2,1-3H3. The Morgan fingerprint density at radius 3 is 2.65 bits per heavy atom. The SMILES string of the molecule is CCCCC(CCC)NCC(O)c1cccc(OC)c1. The quantitative estimate of drug-likeness (QED) is 0.686. The molecular formula is C17H29NO2. The van der Waals surface area contributed by atoms with Crippen LogP contribution in [0, 0.1) is 0 Å². The Kier molecular flexibility index (Phi) is 8.31. The first-order valence-corrected chi connectivity index (χ1v) is 7.76. The van der Waals surface area contributed by atoms with Crippen molar-refractivity contribution in [3.8, 4) is 5.75 Å². The molecule has 0 saturated carbocycles. The van der Waals surface area contributed by atoms with Gasteiger partial charge in [-0.2, -0.15) is 0 Å². The second-order valence-electron chi connectivity index (χ2n) is 5.33. The molecule has 0 saturated heterocycles. The summed E-state index contributed by atoms with van der Waals surface area (Å²) in [6.45, 7) is 5.02. The largest absolute Gasteiger partial charge is 0.497 e. The third kappa shape index (κ3) is 5.93. The number of unbranched alkanes of at least 4 members (excludes halogenated alkanes) is 1. The summed E-state index contributed by atoms with van der Waals surface area (Å²) in [5.41, 5.74) is 0.905. The fraction of sp³-hybridized carbons (Fsp3) is 0.647. The van der Waals surface area contributed by atoms with E-state index in [1.165, 1.54) is 32.1 Å². The van der Waals surface area contributed by atoms with Crippen molar-refractivity contribution in [3.63, 3.8) is 0 Å². The maximum atomic E-state index is 10.3. The monoisotopic (exact) mass is 279 g/mol. The molecule has 3 heteroatoms. The minimum atomic E-state index is -0.480. The van der Waals surface area contributed by atoms with Crippen LogP contribution in [0.25, 0.3) is 0 Å². The van der Waals surface area contributed by atoms with Gasteiger partial charge in [0.1, 0.15) is 5.75 Å². The Labute approximate surface area is 123 Å². The van der Waals surface area contributed by atoms with Crippen LogP contribution in [0.2, 0.25) is 0 Å². The highest BCUT2D eigenvalue weighted by molar-refractivity contribution is 5.29. The molecule has 1 aromatic rings. The summed E-state index contributed by atoms with van der Waals surface area (Å²) in [5, 5.41) is 13.8. The van der Waals surface area contributed by atoms with E-state index < -0.39 is 6.10 Å². The van der Waals surface area contributed by atoms with Gasteiger partial charge in [0.05, 0.1) is 13.2 Å². The summed E-state index contributed by atoms with van der Waals surface area (Å²) < 4.78 is 5.19. The Bertz CT molecular complexity index is 368. The van der Waals surface area contributed by atoms with Gasteiger partial charge in [0.25, 0.3) is 0 Å². The van der Waals surface area contributed by atoms with Crippen molar-refractivity contribution in [2.24, 2.45) is 0 Å². The summed E-state index contributed by atoms with van der Waals surface area (Å²) >= 11 is 0. The number of methoxy groups -OCH3 is 1. The number of benzene rings is 1. The number of rotatable bonds is 10. The van der Waals surface area contributed by atoms with Crippen LogP contribution in [-0.2, 0) is 0 Å². The van der Waals surface area contributed by atoms with Crippen LogP contribution in [0.4, 0.5) is 0 Å². The Morgan fingerprint density at radius 1 is 1.20 bits per heavy atom. The van der Waals surface area contributed by atoms with Gasteiger partial charge in [-0.3, -0.25) is 0 Å². The average molecular weight is 279 g/mol. The third-order valence-corrected chi connectivity index (χ3v) is 3.62. The van der Waals surface area contributed by atoms with E-state index in [9.17, 15) is 5.11 Å². The first kappa shape index (κ1) is 17.0. The van der Waals surface area contributed by atoms with Gasteiger partial charge in [0, 0.05) is 12.6 Å². The van der Waals surface area contributed by atoms with Gasteiger partial charge in [0.2, 0.25) is 0 Å². The summed E-state index contributed by atoms with van der Waals surface area (Å²) in [7, 11) is 1.64. The Hall–Kier alpha value is -1.06. The molecule has 2 atom stereocenters. The number of ether oxygens (including phenoxy) is 1. The first-order valence-electron chi connectivity index (χ1n) is 7.76. The van der Waals surface area contributed by atoms with Gasteiger partial charge in [-0.25, -0.2) is 0 Å². The van der Waals surface area contributed by atoms with E-state index in [2.05, 4.69) is 19.2 Å². The van der Waals surface area contributed by atoms with Crippen molar-refractivity contribution in [2.75, 3.05) is 13.7 Å². The molecule has 0 spiro atoms. The maximum Gasteiger partial charge on any atom is 0.119 e. The smallest absolute Gasteiger partial charge is 0.119 e. The lowest BCUT2D eigenvalue weighted by Gasteiger charge is -2.20. The molecule has 114 valence electrons. The Balaban J connectivity index is 2.48. The molecule has 1 rings (SSSR count). The second kappa shape index (κ2) is 9.78. The molecule has 0 aliphatic heterocycles. The summed E-state index contributed by atoms with van der Waals surface area (Å²) in [6.07, 6.45) is 5.52. The van der Waals surface area contributed by atoms with E-state index in [4.69, 9.17) is 4.74 Å². The van der Waals surface area contributed by atoms with Crippen LogP contribution >= 0.6 is 0 Å². The summed E-state index contributed by atoms with van der Waals surface area (Å²) in [4.78, 5) is 0. The molecule has 0 radical (unpaired) electrons. The fourth-order valence-electron chi connectivity index (χ4n) is 2.39. The van der Waals surface area contributed by atoms with E-state index in [1.54, 1.807) is 7.11 Å². The van der Waals surface area contributed by atoms with Crippen molar-refractivity contribution >= 4 is 0 Å². The molecule has 0 amide bonds. The van der Waals surface area contributed by atoms with Crippen LogP contribution < -0.4 is 10.1 Å². The highest BCUT2D eigenvalue weighted by atomic mass is 16.5. The molecule has 2 unspecified atom stereocenters. The van der Waals surface area contributed by atoms with Crippen LogP contribution in [0.1, 0.15) is 57.6 Å². The molecule has 0 heterocycles. The van der Waals surface area contributed by atoms with Gasteiger partial charge in [0.15, 0.2) is 0 Å². The predicted octanol–water partition coefficient (Wildman–Crippen LogP) is 3.68. The number of nitrogens with one attached hydrogen (secondary N) is 1. The number of hydrogen-bond acceptors (Lipinski definition) is 3. The topological polar surface area (TPSA) is 41.5 Å². The van der Waals surface area contributed by atoms with Crippen molar-refractivity contribution in [2.45, 2.75) is 58.1 Å². The lowest BCUT2D eigenvalue weighted by atomic mass is 10.0. The Morgan fingerprint density at radius 2 is 2.00 bits per heavy atom. The molecule has 20 heavy (non-hydrogen) atoms. The molecule has 0 bridgehead atoms. The zero-order valence-electron chi connectivity index (χ0n) is 13.1. The molecule has 0 aliphatic carbocycles. The normalized spacial score (nSPS) is 14.0. The summed E-state index contributed by atoms with van der Waals surface area (Å²) in [5.74, 6) is 0.789. The fourth-order valence-corrected chi connectivity index (χ4v) is 2.39. The number of aliphatic hydroxyl groups excluding tert-OH is 1. The van der Waals surface area contributed by atoms with Crippen molar-refractivity contribution in [3.05, 3.63) is 29.8 Å². The molecule has 0 aromatic heterocycles. The third-order valence-electron chi connectivity index (χ3n) is 3.62. The van der Waals surface area contributed by atoms with Crippen LogP contribution in [0.3, 0.4) is 0 Å². The van der Waals surface area contributed by atoms with Gasteiger partial charge >= 0.3 is 0 Å². The van der Waals surface area contributed by atoms with Gasteiger partial charge in [-0.15, -0.1) is 0 Å². The van der Waals surface area contributed by atoms with Gasteiger partial charge in [-0.05, 0) is 30.5 Å². The molecule has 2 N–H and O–H groups in total. The zero-order valence-corrected chi connectivity index (χ0v) is 13.1. The minimum absolute atomic E-state index is 0.480. The van der Waals surface area contributed by atoms with Crippen molar-refractivity contribution in [1.82, 2.24) is 5.32 Å².